The third kappa shape index (κ3) is 2.70. The van der Waals surface area contributed by atoms with Gasteiger partial charge < -0.3 is 15.2 Å². The molecule has 6 heteroatoms. The monoisotopic (exact) mass is 230 g/mol. The Morgan fingerprint density at radius 2 is 1.94 bits per heavy atom. The van der Waals surface area contributed by atoms with Gasteiger partial charge in [0.05, 0.1) is 0 Å². The van der Waals surface area contributed by atoms with Crippen molar-refractivity contribution in [3.8, 4) is 0 Å². The van der Waals surface area contributed by atoms with Gasteiger partial charge in [0, 0.05) is 19.6 Å². The molecule has 16 heavy (non-hydrogen) atoms. The number of aliphatic carboxylic acids is 1. The summed E-state index contributed by atoms with van der Waals surface area (Å²) in [7, 11) is 0. The van der Waals surface area contributed by atoms with Gasteiger partial charge >= 0.3 is 11.9 Å². The van der Waals surface area contributed by atoms with Gasteiger partial charge in [-0.3, -0.25) is 5.32 Å². The van der Waals surface area contributed by atoms with Crippen molar-refractivity contribution in [3.05, 3.63) is 0 Å². The van der Waals surface area contributed by atoms with E-state index in [2.05, 4.69) is 10.6 Å². The van der Waals surface area contributed by atoms with Crippen LogP contribution >= 0.6 is 0 Å². The lowest BCUT2D eigenvalue weighted by Crippen LogP contribution is -2.69. The van der Waals surface area contributed by atoms with Crippen LogP contribution in [-0.4, -0.2) is 47.8 Å². The quantitative estimate of drug-likeness (QED) is 0.431. The molecular weight excluding hydrogens is 212 g/mol. The Morgan fingerprint density at radius 1 is 1.31 bits per heavy atom. The highest BCUT2D eigenvalue weighted by Crippen LogP contribution is 2.16. The molecule has 0 aromatic heterocycles. The number of ether oxygens (including phenoxy) is 1. The summed E-state index contributed by atoms with van der Waals surface area (Å²) in [4.78, 5) is 23.1. The second kappa shape index (κ2) is 4.39. The van der Waals surface area contributed by atoms with Gasteiger partial charge in [-0.25, -0.2) is 9.59 Å². The summed E-state index contributed by atoms with van der Waals surface area (Å²) in [5.41, 5.74) is -2.36. The minimum absolute atomic E-state index is 0.0389. The highest BCUT2D eigenvalue weighted by Gasteiger charge is 2.49. The minimum atomic E-state index is -1.66. The summed E-state index contributed by atoms with van der Waals surface area (Å²) in [6.07, 6.45) is 0. The number of rotatable bonds is 2. The average molecular weight is 230 g/mol. The number of hydrogen-bond acceptors (Lipinski definition) is 5. The number of carboxylic acids is 1. The van der Waals surface area contributed by atoms with Gasteiger partial charge in [0.25, 0.3) is 0 Å². The van der Waals surface area contributed by atoms with Gasteiger partial charge in [-0.1, -0.05) is 0 Å². The van der Waals surface area contributed by atoms with Crippen LogP contribution in [0, 0.1) is 0 Å². The van der Waals surface area contributed by atoms with Crippen molar-refractivity contribution in [3.63, 3.8) is 0 Å². The highest BCUT2D eigenvalue weighted by atomic mass is 16.6. The van der Waals surface area contributed by atoms with Gasteiger partial charge in [-0.15, -0.1) is 0 Å². The third-order valence-electron chi connectivity index (χ3n) is 2.23. The van der Waals surface area contributed by atoms with Gasteiger partial charge in [0.15, 0.2) is 0 Å². The predicted octanol–water partition coefficient (Wildman–Crippen LogP) is -0.656. The van der Waals surface area contributed by atoms with Crippen molar-refractivity contribution in [1.82, 2.24) is 10.6 Å². The number of carbonyl (C=O) groups excluding carboxylic acids is 1. The maximum Gasteiger partial charge on any atom is 0.339 e. The van der Waals surface area contributed by atoms with E-state index in [1.165, 1.54) is 0 Å². The molecule has 0 spiro atoms. The van der Waals surface area contributed by atoms with E-state index in [0.717, 1.165) is 0 Å². The second-order valence-electron chi connectivity index (χ2n) is 4.82. The van der Waals surface area contributed by atoms with Crippen molar-refractivity contribution in [2.24, 2.45) is 0 Å². The molecule has 0 saturated carbocycles. The molecule has 0 aliphatic carbocycles. The summed E-state index contributed by atoms with van der Waals surface area (Å²) >= 11 is 0. The van der Waals surface area contributed by atoms with Crippen molar-refractivity contribution in [2.75, 3.05) is 19.6 Å². The molecule has 1 aliphatic rings. The molecule has 1 aliphatic heterocycles. The SMILES string of the molecule is CC(C)(C)OC(=O)C1(C(=O)O)CNCCN1. The summed E-state index contributed by atoms with van der Waals surface area (Å²) in [5, 5.41) is 14.8. The maximum absolute atomic E-state index is 11.9. The number of carboxylic acid groups (broad SMARTS) is 1. The zero-order valence-corrected chi connectivity index (χ0v) is 9.79. The lowest BCUT2D eigenvalue weighted by molar-refractivity contribution is -0.171. The molecule has 0 radical (unpaired) electrons. The molecule has 6 nitrogen and oxygen atoms in total. The number of esters is 1. The van der Waals surface area contributed by atoms with Crippen molar-refractivity contribution < 1.29 is 19.4 Å². The molecule has 0 aromatic rings. The van der Waals surface area contributed by atoms with E-state index >= 15 is 0 Å². The summed E-state index contributed by atoms with van der Waals surface area (Å²) < 4.78 is 5.12. The molecule has 1 fully saturated rings. The van der Waals surface area contributed by atoms with E-state index in [9.17, 15) is 9.59 Å². The molecule has 0 aromatic carbocycles. The van der Waals surface area contributed by atoms with E-state index in [-0.39, 0.29) is 6.54 Å². The number of nitrogens with one attached hydrogen (secondary N) is 2. The Labute approximate surface area is 94.3 Å². The van der Waals surface area contributed by atoms with Crippen LogP contribution in [0.5, 0.6) is 0 Å². The summed E-state index contributed by atoms with van der Waals surface area (Å²) in [6, 6.07) is 0. The van der Waals surface area contributed by atoms with E-state index in [0.29, 0.717) is 13.1 Å². The standard InChI is InChI=1S/C10H18N2O4/c1-9(2,3)16-8(15)10(7(13)14)6-11-4-5-12-10/h11-12H,4-6H2,1-3H3,(H,13,14). The van der Waals surface area contributed by atoms with Crippen LogP contribution < -0.4 is 10.6 Å². The predicted molar refractivity (Wildman–Crippen MR) is 57.1 cm³/mol. The Morgan fingerprint density at radius 3 is 2.31 bits per heavy atom. The zero-order chi connectivity index (χ0) is 12.4. The first-order valence-corrected chi connectivity index (χ1v) is 5.20. The van der Waals surface area contributed by atoms with Gasteiger partial charge in [-0.05, 0) is 20.8 Å². The Balaban J connectivity index is 2.85. The van der Waals surface area contributed by atoms with Crippen LogP contribution in [0.1, 0.15) is 20.8 Å². The Bertz CT molecular complexity index is 290. The molecule has 1 rings (SSSR count). The zero-order valence-electron chi connectivity index (χ0n) is 9.79. The third-order valence-corrected chi connectivity index (χ3v) is 2.23. The smallest absolute Gasteiger partial charge is 0.339 e. The van der Waals surface area contributed by atoms with Crippen molar-refractivity contribution in [1.29, 1.82) is 0 Å². The van der Waals surface area contributed by atoms with Crippen LogP contribution in [0.2, 0.25) is 0 Å². The molecule has 1 unspecified atom stereocenters. The molecule has 0 bridgehead atoms. The molecule has 92 valence electrons. The van der Waals surface area contributed by atoms with Crippen LogP contribution in [0.25, 0.3) is 0 Å². The van der Waals surface area contributed by atoms with Crippen LogP contribution in [0.4, 0.5) is 0 Å². The first-order chi connectivity index (χ1) is 7.28. The maximum atomic E-state index is 11.9. The lowest BCUT2D eigenvalue weighted by Gasteiger charge is -2.34. The highest BCUT2D eigenvalue weighted by molar-refractivity contribution is 6.04. The molecular formula is C10H18N2O4. The van der Waals surface area contributed by atoms with Gasteiger partial charge in [-0.2, -0.15) is 0 Å². The molecule has 3 N–H and O–H groups in total. The minimum Gasteiger partial charge on any atom is -0.479 e. The molecule has 0 amide bonds. The molecule has 1 saturated heterocycles. The first-order valence-electron chi connectivity index (χ1n) is 5.20. The van der Waals surface area contributed by atoms with Gasteiger partial charge in [0.1, 0.15) is 5.60 Å². The Hall–Kier alpha value is -1.14. The van der Waals surface area contributed by atoms with E-state index in [1.807, 2.05) is 0 Å². The van der Waals surface area contributed by atoms with Gasteiger partial charge in [0.2, 0.25) is 5.54 Å². The van der Waals surface area contributed by atoms with Crippen molar-refractivity contribution >= 4 is 11.9 Å². The summed E-state index contributed by atoms with van der Waals surface area (Å²) in [5.74, 6) is -1.96. The number of carbonyl (C=O) groups is 2. The molecule has 1 atom stereocenters. The Kier molecular flexibility index (Phi) is 3.54. The number of piperazine rings is 1. The normalized spacial score (nSPS) is 26.2. The lowest BCUT2D eigenvalue weighted by atomic mass is 9.97. The largest absolute Gasteiger partial charge is 0.479 e. The first kappa shape index (κ1) is 12.9. The van der Waals surface area contributed by atoms with Crippen LogP contribution in [-0.2, 0) is 14.3 Å². The fourth-order valence-corrected chi connectivity index (χ4v) is 1.45. The number of hydrogen-bond donors (Lipinski definition) is 3. The van der Waals surface area contributed by atoms with Crippen molar-refractivity contribution in [2.45, 2.75) is 31.9 Å². The summed E-state index contributed by atoms with van der Waals surface area (Å²) in [6.45, 7) is 6.21. The molecule has 1 heterocycles. The van der Waals surface area contributed by atoms with Crippen LogP contribution in [0.15, 0.2) is 0 Å². The van der Waals surface area contributed by atoms with E-state index in [1.54, 1.807) is 20.8 Å². The van der Waals surface area contributed by atoms with E-state index in [4.69, 9.17) is 9.84 Å². The second-order valence-corrected chi connectivity index (χ2v) is 4.82. The van der Waals surface area contributed by atoms with E-state index < -0.39 is 23.1 Å². The fraction of sp³-hybridized carbons (Fsp3) is 0.800. The fourth-order valence-electron chi connectivity index (χ4n) is 1.45. The van der Waals surface area contributed by atoms with Crippen LogP contribution in [0.3, 0.4) is 0 Å². The average Bonchev–Trinajstić information content (AvgIpc) is 2.16. The topological polar surface area (TPSA) is 87.7 Å².